The first-order chi connectivity index (χ1) is 14.5. The third kappa shape index (κ3) is 2.85. The largest absolute Gasteiger partial charge is 0.361 e. The van der Waals surface area contributed by atoms with E-state index in [0.717, 1.165) is 38.7 Å². The van der Waals surface area contributed by atoms with Gasteiger partial charge in [-0.3, -0.25) is 4.31 Å². The molecule has 3 aromatic carbocycles. The van der Waals surface area contributed by atoms with E-state index in [4.69, 9.17) is 0 Å². The van der Waals surface area contributed by atoms with Gasteiger partial charge in [-0.2, -0.15) is 0 Å². The third-order valence-corrected chi connectivity index (χ3v) is 7.65. The summed E-state index contributed by atoms with van der Waals surface area (Å²) >= 11 is 0. The number of para-hydroxylation sites is 1. The molecule has 1 aliphatic rings. The Bertz CT molecular complexity index is 1400. The van der Waals surface area contributed by atoms with Gasteiger partial charge in [-0.05, 0) is 48.7 Å². The lowest BCUT2D eigenvalue weighted by atomic mass is 9.92. The van der Waals surface area contributed by atoms with Gasteiger partial charge < -0.3 is 4.98 Å². The Balaban J connectivity index is 1.75. The average Bonchev–Trinajstić information content (AvgIpc) is 3.16. The molecule has 4 aromatic rings. The number of rotatable bonds is 3. The number of nitrogens with one attached hydrogen (secondary N) is 1. The highest BCUT2D eigenvalue weighted by Gasteiger charge is 2.36. The van der Waals surface area contributed by atoms with Crippen molar-refractivity contribution in [3.05, 3.63) is 107 Å². The van der Waals surface area contributed by atoms with Gasteiger partial charge in [0.25, 0.3) is 10.0 Å². The molecule has 0 aliphatic carbocycles. The van der Waals surface area contributed by atoms with Crippen LogP contribution in [0.15, 0.2) is 84.0 Å². The van der Waals surface area contributed by atoms with E-state index in [0.29, 0.717) is 4.90 Å². The Morgan fingerprint density at radius 2 is 1.67 bits per heavy atom. The summed E-state index contributed by atoms with van der Waals surface area (Å²) < 4.78 is 29.2. The Morgan fingerprint density at radius 1 is 0.900 bits per heavy atom. The van der Waals surface area contributed by atoms with Gasteiger partial charge in [-0.25, -0.2) is 8.42 Å². The maximum atomic E-state index is 13.8. The standard InChI is InChI=1S/C25H22N2O2S/c1-17-11-12-24(18(2)15-17)30(28,29)27-14-13-19-7-3-4-8-20(19)25(27)22-16-26-23-10-6-5-9-21(22)23/h3-16,25-26H,1-2H3. The van der Waals surface area contributed by atoms with Crippen LogP contribution >= 0.6 is 0 Å². The molecular weight excluding hydrogens is 392 g/mol. The van der Waals surface area contributed by atoms with E-state index in [-0.39, 0.29) is 0 Å². The van der Waals surface area contributed by atoms with Crippen LogP contribution in [0.3, 0.4) is 0 Å². The fourth-order valence-electron chi connectivity index (χ4n) is 4.33. The highest BCUT2D eigenvalue weighted by atomic mass is 32.2. The molecule has 0 spiro atoms. The SMILES string of the molecule is Cc1ccc(S(=O)(=O)N2C=Cc3ccccc3C2c2c[nH]c3ccccc23)c(C)c1. The van der Waals surface area contributed by atoms with Crippen molar-refractivity contribution in [2.75, 3.05) is 0 Å². The lowest BCUT2D eigenvalue weighted by Gasteiger charge is -2.34. The quantitative estimate of drug-likeness (QED) is 0.478. The molecule has 2 heterocycles. The third-order valence-electron chi connectivity index (χ3n) is 5.75. The van der Waals surface area contributed by atoms with Crippen LogP contribution in [0.5, 0.6) is 0 Å². The molecule has 0 saturated carbocycles. The van der Waals surface area contributed by atoms with Crippen molar-refractivity contribution in [3.63, 3.8) is 0 Å². The summed E-state index contributed by atoms with van der Waals surface area (Å²) in [6.07, 6.45) is 5.50. The summed E-state index contributed by atoms with van der Waals surface area (Å²) in [4.78, 5) is 3.64. The number of nitrogens with zero attached hydrogens (tertiary/aromatic N) is 1. The minimum Gasteiger partial charge on any atom is -0.361 e. The molecule has 0 radical (unpaired) electrons. The van der Waals surface area contributed by atoms with Crippen LogP contribution in [-0.4, -0.2) is 17.7 Å². The predicted molar refractivity (Wildman–Crippen MR) is 121 cm³/mol. The van der Waals surface area contributed by atoms with Crippen LogP contribution in [0.1, 0.15) is 33.9 Å². The van der Waals surface area contributed by atoms with E-state index in [1.807, 2.05) is 86.8 Å². The van der Waals surface area contributed by atoms with Crippen LogP contribution in [0, 0.1) is 13.8 Å². The second kappa shape index (κ2) is 6.89. The zero-order chi connectivity index (χ0) is 20.9. The molecular formula is C25H22N2O2S. The van der Waals surface area contributed by atoms with Crippen molar-refractivity contribution in [1.82, 2.24) is 9.29 Å². The van der Waals surface area contributed by atoms with Crippen molar-refractivity contribution in [2.24, 2.45) is 0 Å². The number of hydrogen-bond donors (Lipinski definition) is 1. The first-order valence-electron chi connectivity index (χ1n) is 9.91. The van der Waals surface area contributed by atoms with Crippen LogP contribution < -0.4 is 0 Å². The molecule has 5 rings (SSSR count). The molecule has 0 bridgehead atoms. The molecule has 150 valence electrons. The van der Waals surface area contributed by atoms with Gasteiger partial charge in [0.2, 0.25) is 0 Å². The molecule has 4 nitrogen and oxygen atoms in total. The van der Waals surface area contributed by atoms with Crippen molar-refractivity contribution >= 4 is 27.0 Å². The second-order valence-corrected chi connectivity index (χ2v) is 9.55. The summed E-state index contributed by atoms with van der Waals surface area (Å²) in [6, 6.07) is 21.0. The number of benzene rings is 3. The van der Waals surface area contributed by atoms with E-state index < -0.39 is 16.1 Å². The Morgan fingerprint density at radius 3 is 2.50 bits per heavy atom. The number of aromatic nitrogens is 1. The normalized spacial score (nSPS) is 16.1. The number of hydrogen-bond acceptors (Lipinski definition) is 2. The zero-order valence-corrected chi connectivity index (χ0v) is 17.6. The van der Waals surface area contributed by atoms with Gasteiger partial charge in [0.1, 0.15) is 0 Å². The summed E-state index contributed by atoms with van der Waals surface area (Å²) in [5.74, 6) is 0. The molecule has 1 unspecified atom stereocenters. The Labute approximate surface area is 176 Å². The molecule has 1 aliphatic heterocycles. The smallest absolute Gasteiger partial charge is 0.264 e. The Kier molecular flexibility index (Phi) is 4.29. The fourth-order valence-corrected chi connectivity index (χ4v) is 5.99. The van der Waals surface area contributed by atoms with E-state index in [9.17, 15) is 8.42 Å². The topological polar surface area (TPSA) is 53.2 Å². The summed E-state index contributed by atoms with van der Waals surface area (Å²) in [5.41, 5.74) is 5.72. The van der Waals surface area contributed by atoms with Gasteiger partial charge in [0, 0.05) is 28.9 Å². The monoisotopic (exact) mass is 414 g/mol. The second-order valence-electron chi connectivity index (χ2n) is 7.74. The summed E-state index contributed by atoms with van der Waals surface area (Å²) in [6.45, 7) is 3.82. The van der Waals surface area contributed by atoms with Gasteiger partial charge in [-0.15, -0.1) is 0 Å². The van der Waals surface area contributed by atoms with Crippen LogP contribution in [0.25, 0.3) is 17.0 Å². The van der Waals surface area contributed by atoms with Crippen LogP contribution in [0.4, 0.5) is 0 Å². The van der Waals surface area contributed by atoms with E-state index in [1.54, 1.807) is 12.3 Å². The first kappa shape index (κ1) is 18.7. The molecule has 5 heteroatoms. The van der Waals surface area contributed by atoms with Gasteiger partial charge in [-0.1, -0.05) is 60.2 Å². The number of sulfonamides is 1. The average molecular weight is 415 g/mol. The molecule has 0 fully saturated rings. The lowest BCUT2D eigenvalue weighted by Crippen LogP contribution is -2.33. The van der Waals surface area contributed by atoms with E-state index in [1.165, 1.54) is 4.31 Å². The number of fused-ring (bicyclic) bond motifs is 2. The van der Waals surface area contributed by atoms with E-state index in [2.05, 4.69) is 4.98 Å². The maximum absolute atomic E-state index is 13.8. The van der Waals surface area contributed by atoms with Crippen molar-refractivity contribution in [1.29, 1.82) is 0 Å². The molecule has 1 aromatic heterocycles. The van der Waals surface area contributed by atoms with Crippen LogP contribution in [-0.2, 0) is 10.0 Å². The highest BCUT2D eigenvalue weighted by molar-refractivity contribution is 7.89. The minimum atomic E-state index is -3.76. The first-order valence-corrected chi connectivity index (χ1v) is 11.3. The van der Waals surface area contributed by atoms with Gasteiger partial charge in [0.15, 0.2) is 0 Å². The summed E-state index contributed by atoms with van der Waals surface area (Å²) in [5, 5.41) is 1.02. The van der Waals surface area contributed by atoms with Crippen molar-refractivity contribution in [2.45, 2.75) is 24.8 Å². The summed E-state index contributed by atoms with van der Waals surface area (Å²) in [7, 11) is -3.76. The zero-order valence-electron chi connectivity index (χ0n) is 16.8. The number of aryl methyl sites for hydroxylation is 2. The maximum Gasteiger partial charge on any atom is 0.264 e. The van der Waals surface area contributed by atoms with Gasteiger partial charge >= 0.3 is 0 Å². The predicted octanol–water partition coefficient (Wildman–Crippen LogP) is 5.55. The van der Waals surface area contributed by atoms with E-state index >= 15 is 0 Å². The molecule has 1 atom stereocenters. The minimum absolute atomic E-state index is 0.335. The van der Waals surface area contributed by atoms with Crippen molar-refractivity contribution < 1.29 is 8.42 Å². The number of aromatic amines is 1. The van der Waals surface area contributed by atoms with Crippen LogP contribution in [0.2, 0.25) is 0 Å². The van der Waals surface area contributed by atoms with Crippen molar-refractivity contribution in [3.8, 4) is 0 Å². The molecule has 0 saturated heterocycles. The lowest BCUT2D eigenvalue weighted by molar-refractivity contribution is 0.448. The fraction of sp³-hybridized carbons (Fsp3) is 0.120. The Hall–Kier alpha value is -3.31. The molecule has 30 heavy (non-hydrogen) atoms. The van der Waals surface area contributed by atoms with Gasteiger partial charge in [0.05, 0.1) is 10.9 Å². The molecule has 0 amide bonds. The molecule has 1 N–H and O–H groups in total. The highest BCUT2D eigenvalue weighted by Crippen LogP contribution is 2.41. The number of H-pyrrole nitrogens is 1.